The SMILES string of the molecule is CCC=C/C=C\C=O. The third-order valence-corrected chi connectivity index (χ3v) is 0.673. The second-order valence-corrected chi connectivity index (χ2v) is 1.36. The average molecular weight is 110 g/mol. The van der Waals surface area contributed by atoms with Crippen LogP contribution in [0.5, 0.6) is 0 Å². The normalized spacial score (nSPS) is 11.1. The predicted octanol–water partition coefficient (Wildman–Crippen LogP) is 1.71. The quantitative estimate of drug-likeness (QED) is 0.307. The Morgan fingerprint density at radius 1 is 1.25 bits per heavy atom. The van der Waals surface area contributed by atoms with Crippen LogP contribution in [0.3, 0.4) is 0 Å². The number of carbonyl (C=O) groups is 1. The van der Waals surface area contributed by atoms with Crippen LogP contribution in [-0.4, -0.2) is 6.29 Å². The largest absolute Gasteiger partial charge is 0.299 e. The fourth-order valence-corrected chi connectivity index (χ4v) is 0.324. The summed E-state index contributed by atoms with van der Waals surface area (Å²) in [6, 6.07) is 0. The molecule has 1 heteroatoms. The second kappa shape index (κ2) is 6.15. The molecule has 0 aliphatic heterocycles. The molecule has 0 unspecified atom stereocenters. The molecule has 44 valence electrons. The maximum Gasteiger partial charge on any atom is 0.142 e. The van der Waals surface area contributed by atoms with Crippen LogP contribution < -0.4 is 0 Å². The summed E-state index contributed by atoms with van der Waals surface area (Å²) in [6.45, 7) is 2.05. The molecule has 0 spiro atoms. The van der Waals surface area contributed by atoms with Crippen LogP contribution >= 0.6 is 0 Å². The highest BCUT2D eigenvalue weighted by Crippen LogP contribution is 1.79. The smallest absolute Gasteiger partial charge is 0.142 e. The summed E-state index contributed by atoms with van der Waals surface area (Å²) in [6.07, 6.45) is 8.81. The minimum atomic E-state index is 0.764. The Bertz CT molecular complexity index is 101. The lowest BCUT2D eigenvalue weighted by Gasteiger charge is -1.70. The van der Waals surface area contributed by atoms with Crippen LogP contribution in [0.4, 0.5) is 0 Å². The molecule has 0 radical (unpaired) electrons. The number of allylic oxidation sites excluding steroid dienone is 4. The third-order valence-electron chi connectivity index (χ3n) is 0.673. The molecular formula is C7H10O. The monoisotopic (exact) mass is 110 g/mol. The molecule has 0 heterocycles. The highest BCUT2D eigenvalue weighted by molar-refractivity contribution is 5.65. The molecule has 0 fully saturated rings. The van der Waals surface area contributed by atoms with Gasteiger partial charge in [-0.15, -0.1) is 0 Å². The van der Waals surface area contributed by atoms with E-state index in [1.54, 1.807) is 6.08 Å². The molecule has 8 heavy (non-hydrogen) atoms. The van der Waals surface area contributed by atoms with Crippen LogP contribution in [0.2, 0.25) is 0 Å². The van der Waals surface area contributed by atoms with Gasteiger partial charge in [-0.1, -0.05) is 25.2 Å². The van der Waals surface area contributed by atoms with Crippen LogP contribution in [-0.2, 0) is 4.79 Å². The number of carbonyl (C=O) groups excluding carboxylic acids is 1. The zero-order valence-electron chi connectivity index (χ0n) is 5.00. The van der Waals surface area contributed by atoms with E-state index in [4.69, 9.17) is 0 Å². The van der Waals surface area contributed by atoms with Crippen molar-refractivity contribution >= 4 is 6.29 Å². The molecule has 0 aliphatic rings. The lowest BCUT2D eigenvalue weighted by Crippen LogP contribution is -1.56. The zero-order valence-corrected chi connectivity index (χ0v) is 5.00. The van der Waals surface area contributed by atoms with Gasteiger partial charge in [0, 0.05) is 0 Å². The fourth-order valence-electron chi connectivity index (χ4n) is 0.324. The van der Waals surface area contributed by atoms with Gasteiger partial charge >= 0.3 is 0 Å². The molecule has 0 aromatic heterocycles. The van der Waals surface area contributed by atoms with Crippen molar-refractivity contribution in [1.82, 2.24) is 0 Å². The van der Waals surface area contributed by atoms with Crippen molar-refractivity contribution < 1.29 is 4.79 Å². The van der Waals surface area contributed by atoms with Gasteiger partial charge in [0.1, 0.15) is 6.29 Å². The molecule has 0 N–H and O–H groups in total. The van der Waals surface area contributed by atoms with E-state index < -0.39 is 0 Å². The molecular weight excluding hydrogens is 100 g/mol. The molecule has 0 rings (SSSR count). The van der Waals surface area contributed by atoms with E-state index in [-0.39, 0.29) is 0 Å². The number of hydrogen-bond acceptors (Lipinski definition) is 1. The Labute approximate surface area is 49.7 Å². The third kappa shape index (κ3) is 5.15. The van der Waals surface area contributed by atoms with E-state index >= 15 is 0 Å². The van der Waals surface area contributed by atoms with Crippen molar-refractivity contribution in [2.45, 2.75) is 13.3 Å². The van der Waals surface area contributed by atoms with Gasteiger partial charge in [-0.2, -0.15) is 0 Å². The topological polar surface area (TPSA) is 17.1 Å². The Kier molecular flexibility index (Phi) is 5.50. The van der Waals surface area contributed by atoms with Crippen molar-refractivity contribution in [2.75, 3.05) is 0 Å². The molecule has 0 atom stereocenters. The zero-order chi connectivity index (χ0) is 6.24. The molecule has 0 saturated heterocycles. The van der Waals surface area contributed by atoms with Crippen molar-refractivity contribution in [3.63, 3.8) is 0 Å². The molecule has 0 aliphatic carbocycles. The van der Waals surface area contributed by atoms with Gasteiger partial charge in [0.25, 0.3) is 0 Å². The molecule has 0 amide bonds. The first-order valence-corrected chi connectivity index (χ1v) is 2.68. The highest BCUT2D eigenvalue weighted by Gasteiger charge is 1.61. The van der Waals surface area contributed by atoms with Gasteiger partial charge < -0.3 is 0 Å². The van der Waals surface area contributed by atoms with Crippen molar-refractivity contribution in [3.05, 3.63) is 24.3 Å². The lowest BCUT2D eigenvalue weighted by molar-refractivity contribution is -0.104. The van der Waals surface area contributed by atoms with Crippen molar-refractivity contribution in [3.8, 4) is 0 Å². The maximum atomic E-state index is 9.65. The van der Waals surface area contributed by atoms with E-state index in [0.29, 0.717) is 0 Å². The standard InChI is InChI=1S/C7H10O/c1-2-3-4-5-6-7-8/h3-7H,2H2,1H3/b4-3?,6-5-. The molecule has 1 nitrogen and oxygen atoms in total. The molecule has 0 aromatic rings. The minimum absolute atomic E-state index is 0.764. The van der Waals surface area contributed by atoms with Gasteiger partial charge in [-0.25, -0.2) is 0 Å². The first-order valence-electron chi connectivity index (χ1n) is 2.68. The van der Waals surface area contributed by atoms with Gasteiger partial charge in [0.15, 0.2) is 0 Å². The van der Waals surface area contributed by atoms with E-state index in [2.05, 4.69) is 0 Å². The Morgan fingerprint density at radius 3 is 2.50 bits per heavy atom. The number of rotatable bonds is 3. The van der Waals surface area contributed by atoms with E-state index in [9.17, 15) is 4.79 Å². The summed E-state index contributed by atoms with van der Waals surface area (Å²) in [7, 11) is 0. The summed E-state index contributed by atoms with van der Waals surface area (Å²) >= 11 is 0. The Morgan fingerprint density at radius 2 is 2.00 bits per heavy atom. The van der Waals surface area contributed by atoms with E-state index in [0.717, 1.165) is 12.7 Å². The number of hydrogen-bond donors (Lipinski definition) is 0. The summed E-state index contributed by atoms with van der Waals surface area (Å²) in [5.74, 6) is 0. The van der Waals surface area contributed by atoms with Crippen molar-refractivity contribution in [2.24, 2.45) is 0 Å². The first-order chi connectivity index (χ1) is 3.91. The highest BCUT2D eigenvalue weighted by atomic mass is 16.1. The van der Waals surface area contributed by atoms with Crippen LogP contribution in [0.15, 0.2) is 24.3 Å². The summed E-state index contributed by atoms with van der Waals surface area (Å²) in [4.78, 5) is 9.65. The van der Waals surface area contributed by atoms with E-state index in [1.165, 1.54) is 6.08 Å². The van der Waals surface area contributed by atoms with Gasteiger partial charge in [0.05, 0.1) is 0 Å². The maximum absolute atomic E-state index is 9.65. The lowest BCUT2D eigenvalue weighted by atomic mass is 10.4. The number of aldehydes is 1. The first kappa shape index (κ1) is 7.15. The Hall–Kier alpha value is -0.850. The van der Waals surface area contributed by atoms with Crippen LogP contribution in [0.25, 0.3) is 0 Å². The minimum Gasteiger partial charge on any atom is -0.299 e. The molecule has 0 bridgehead atoms. The predicted molar refractivity (Wildman–Crippen MR) is 34.6 cm³/mol. The van der Waals surface area contributed by atoms with Gasteiger partial charge in [-0.3, -0.25) is 4.79 Å². The van der Waals surface area contributed by atoms with Gasteiger partial charge in [-0.05, 0) is 12.5 Å². The van der Waals surface area contributed by atoms with E-state index in [1.807, 2.05) is 19.1 Å². The van der Waals surface area contributed by atoms with Crippen LogP contribution in [0.1, 0.15) is 13.3 Å². The van der Waals surface area contributed by atoms with Crippen molar-refractivity contribution in [1.29, 1.82) is 0 Å². The Balaban J connectivity index is 3.26. The summed E-state index contributed by atoms with van der Waals surface area (Å²) in [5, 5.41) is 0. The summed E-state index contributed by atoms with van der Waals surface area (Å²) in [5.41, 5.74) is 0. The second-order valence-electron chi connectivity index (χ2n) is 1.36. The van der Waals surface area contributed by atoms with Crippen LogP contribution in [0, 0.1) is 0 Å². The summed E-state index contributed by atoms with van der Waals surface area (Å²) < 4.78 is 0. The molecule has 0 saturated carbocycles. The molecule has 0 aromatic carbocycles. The fraction of sp³-hybridized carbons (Fsp3) is 0.286. The average Bonchev–Trinajstić information content (AvgIpc) is 1.81. The van der Waals surface area contributed by atoms with Gasteiger partial charge in [0.2, 0.25) is 0 Å².